The Hall–Kier alpha value is -1.06. The summed E-state index contributed by atoms with van der Waals surface area (Å²) in [7, 11) is 0. The van der Waals surface area contributed by atoms with Crippen molar-refractivity contribution in [2.45, 2.75) is 57.9 Å². The lowest BCUT2D eigenvalue weighted by molar-refractivity contribution is 0.221. The predicted molar refractivity (Wildman–Crippen MR) is 68.1 cm³/mol. The van der Waals surface area contributed by atoms with Gasteiger partial charge in [-0.2, -0.15) is 10.1 Å². The third-order valence-electron chi connectivity index (χ3n) is 4.22. The van der Waals surface area contributed by atoms with Crippen LogP contribution in [0.1, 0.15) is 57.3 Å². The van der Waals surface area contributed by atoms with E-state index in [4.69, 9.17) is 0 Å². The molecular formula is C13H22N4. The minimum Gasteiger partial charge on any atom is -0.354 e. The zero-order chi connectivity index (χ0) is 11.7. The molecule has 0 saturated heterocycles. The fourth-order valence-corrected chi connectivity index (χ4v) is 3.28. The first-order chi connectivity index (χ1) is 8.38. The molecule has 1 fully saturated rings. The average Bonchev–Trinajstić information content (AvgIpc) is 2.82. The van der Waals surface area contributed by atoms with Crippen LogP contribution in [0, 0.1) is 5.92 Å². The molecule has 3 rings (SSSR count). The van der Waals surface area contributed by atoms with Crippen LogP contribution in [-0.2, 0) is 6.42 Å². The Bertz CT molecular complexity index is 379. The van der Waals surface area contributed by atoms with Gasteiger partial charge in [0.2, 0.25) is 5.95 Å². The molecule has 1 N–H and O–H groups in total. The van der Waals surface area contributed by atoms with Gasteiger partial charge in [-0.25, -0.2) is 4.68 Å². The average molecular weight is 234 g/mol. The zero-order valence-electron chi connectivity index (χ0n) is 10.7. The van der Waals surface area contributed by atoms with Crippen LogP contribution in [0.4, 0.5) is 5.95 Å². The summed E-state index contributed by atoms with van der Waals surface area (Å²) < 4.78 is 2.18. The summed E-state index contributed by atoms with van der Waals surface area (Å²) in [5, 5.41) is 8.04. The van der Waals surface area contributed by atoms with Gasteiger partial charge in [0.1, 0.15) is 0 Å². The van der Waals surface area contributed by atoms with Gasteiger partial charge in [0.25, 0.3) is 0 Å². The molecule has 4 nitrogen and oxygen atoms in total. The van der Waals surface area contributed by atoms with E-state index in [1.165, 1.54) is 38.5 Å². The number of aryl methyl sites for hydroxylation is 1. The van der Waals surface area contributed by atoms with Gasteiger partial charge in [0.05, 0.1) is 6.04 Å². The third-order valence-corrected chi connectivity index (χ3v) is 4.22. The van der Waals surface area contributed by atoms with Crippen LogP contribution in [0.5, 0.6) is 0 Å². The number of hydrogen-bond acceptors (Lipinski definition) is 3. The first kappa shape index (κ1) is 11.1. The van der Waals surface area contributed by atoms with E-state index in [0.717, 1.165) is 30.7 Å². The van der Waals surface area contributed by atoms with E-state index in [1.54, 1.807) is 0 Å². The SMILES string of the molecule is CCc1nc2n(n1)C(C1CCCCC1)CCN2. The van der Waals surface area contributed by atoms with Crippen molar-refractivity contribution in [2.24, 2.45) is 5.92 Å². The second-order valence-corrected chi connectivity index (χ2v) is 5.33. The fraction of sp³-hybridized carbons (Fsp3) is 0.846. The minimum absolute atomic E-state index is 0.597. The molecule has 1 aromatic heterocycles. The molecule has 1 atom stereocenters. The van der Waals surface area contributed by atoms with Gasteiger partial charge in [-0.05, 0) is 25.2 Å². The van der Waals surface area contributed by atoms with Crippen molar-refractivity contribution in [2.75, 3.05) is 11.9 Å². The monoisotopic (exact) mass is 234 g/mol. The van der Waals surface area contributed by atoms with Crippen LogP contribution in [0.2, 0.25) is 0 Å². The van der Waals surface area contributed by atoms with E-state index in [1.807, 2.05) is 0 Å². The third kappa shape index (κ3) is 2.05. The molecule has 1 aromatic rings. The van der Waals surface area contributed by atoms with Gasteiger partial charge in [-0.1, -0.05) is 26.2 Å². The first-order valence-electron chi connectivity index (χ1n) is 7.07. The topological polar surface area (TPSA) is 42.7 Å². The predicted octanol–water partition coefficient (Wildman–Crippen LogP) is 2.78. The van der Waals surface area contributed by atoms with Crippen molar-refractivity contribution in [3.8, 4) is 0 Å². The molecule has 1 aliphatic heterocycles. The Kier molecular flexibility index (Phi) is 3.04. The molecule has 0 amide bonds. The Morgan fingerprint density at radius 3 is 2.82 bits per heavy atom. The first-order valence-corrected chi connectivity index (χ1v) is 7.07. The maximum atomic E-state index is 4.67. The lowest BCUT2D eigenvalue weighted by Crippen LogP contribution is -2.30. The summed E-state index contributed by atoms with van der Waals surface area (Å²) in [5.74, 6) is 2.81. The number of hydrogen-bond donors (Lipinski definition) is 1. The smallest absolute Gasteiger partial charge is 0.221 e. The second kappa shape index (κ2) is 4.67. The highest BCUT2D eigenvalue weighted by molar-refractivity contribution is 5.28. The highest BCUT2D eigenvalue weighted by atomic mass is 15.4. The van der Waals surface area contributed by atoms with Gasteiger partial charge in [0.15, 0.2) is 5.82 Å². The van der Waals surface area contributed by atoms with Crippen molar-refractivity contribution in [3.05, 3.63) is 5.82 Å². The summed E-state index contributed by atoms with van der Waals surface area (Å²) in [6, 6.07) is 0.597. The van der Waals surface area contributed by atoms with E-state index >= 15 is 0 Å². The molecule has 2 aliphatic rings. The van der Waals surface area contributed by atoms with Crippen molar-refractivity contribution in [3.63, 3.8) is 0 Å². The number of nitrogens with one attached hydrogen (secondary N) is 1. The molecule has 17 heavy (non-hydrogen) atoms. The molecule has 0 bridgehead atoms. The molecule has 0 radical (unpaired) electrons. The highest BCUT2D eigenvalue weighted by Crippen LogP contribution is 2.37. The van der Waals surface area contributed by atoms with Gasteiger partial charge in [-0.3, -0.25) is 0 Å². The van der Waals surface area contributed by atoms with Crippen LogP contribution >= 0.6 is 0 Å². The Morgan fingerprint density at radius 1 is 1.24 bits per heavy atom. The molecule has 1 unspecified atom stereocenters. The molecule has 2 heterocycles. The number of aromatic nitrogens is 3. The van der Waals surface area contributed by atoms with Crippen LogP contribution < -0.4 is 5.32 Å². The summed E-state index contributed by atoms with van der Waals surface area (Å²) in [4.78, 5) is 4.56. The van der Waals surface area contributed by atoms with Crippen LogP contribution in [0.25, 0.3) is 0 Å². The van der Waals surface area contributed by atoms with E-state index < -0.39 is 0 Å². The summed E-state index contributed by atoms with van der Waals surface area (Å²) in [6.07, 6.45) is 9.13. The lowest BCUT2D eigenvalue weighted by atomic mass is 9.82. The van der Waals surface area contributed by atoms with E-state index in [2.05, 4.69) is 27.0 Å². The Morgan fingerprint density at radius 2 is 2.06 bits per heavy atom. The van der Waals surface area contributed by atoms with Crippen LogP contribution in [0.15, 0.2) is 0 Å². The Balaban J connectivity index is 1.84. The molecule has 0 aromatic carbocycles. The molecule has 94 valence electrons. The van der Waals surface area contributed by atoms with Crippen LogP contribution in [0.3, 0.4) is 0 Å². The minimum atomic E-state index is 0.597. The number of rotatable bonds is 2. The zero-order valence-corrected chi connectivity index (χ0v) is 10.7. The van der Waals surface area contributed by atoms with Gasteiger partial charge in [0, 0.05) is 13.0 Å². The van der Waals surface area contributed by atoms with Gasteiger partial charge < -0.3 is 5.32 Å². The normalized spacial score (nSPS) is 25.4. The van der Waals surface area contributed by atoms with E-state index in [-0.39, 0.29) is 0 Å². The number of nitrogens with zero attached hydrogens (tertiary/aromatic N) is 3. The highest BCUT2D eigenvalue weighted by Gasteiger charge is 2.30. The fourth-order valence-electron chi connectivity index (χ4n) is 3.28. The van der Waals surface area contributed by atoms with Crippen molar-refractivity contribution >= 4 is 5.95 Å². The van der Waals surface area contributed by atoms with Crippen molar-refractivity contribution < 1.29 is 0 Å². The van der Waals surface area contributed by atoms with Gasteiger partial charge in [-0.15, -0.1) is 0 Å². The number of fused-ring (bicyclic) bond motifs is 1. The molecule has 4 heteroatoms. The van der Waals surface area contributed by atoms with Crippen molar-refractivity contribution in [1.29, 1.82) is 0 Å². The Labute approximate surface area is 103 Å². The largest absolute Gasteiger partial charge is 0.354 e. The number of anilines is 1. The standard InChI is InChI=1S/C13H22N4/c1-2-12-15-13-14-9-8-11(17(13)16-12)10-6-4-3-5-7-10/h10-11H,2-9H2,1H3,(H,14,15,16). The summed E-state index contributed by atoms with van der Waals surface area (Å²) in [5.41, 5.74) is 0. The summed E-state index contributed by atoms with van der Waals surface area (Å²) in [6.45, 7) is 3.18. The van der Waals surface area contributed by atoms with E-state index in [9.17, 15) is 0 Å². The second-order valence-electron chi connectivity index (χ2n) is 5.33. The molecule has 0 spiro atoms. The van der Waals surface area contributed by atoms with Crippen LogP contribution in [-0.4, -0.2) is 21.3 Å². The van der Waals surface area contributed by atoms with Gasteiger partial charge >= 0.3 is 0 Å². The van der Waals surface area contributed by atoms with E-state index in [0.29, 0.717) is 6.04 Å². The maximum absolute atomic E-state index is 4.67. The maximum Gasteiger partial charge on any atom is 0.221 e. The lowest BCUT2D eigenvalue weighted by Gasteiger charge is -2.33. The molecule has 1 aliphatic carbocycles. The molecule has 1 saturated carbocycles. The summed E-state index contributed by atoms with van der Waals surface area (Å²) >= 11 is 0. The quantitative estimate of drug-likeness (QED) is 0.855. The molecular weight excluding hydrogens is 212 g/mol. The van der Waals surface area contributed by atoms with Crippen molar-refractivity contribution in [1.82, 2.24) is 14.8 Å².